The van der Waals surface area contributed by atoms with Crippen LogP contribution >= 0.6 is 0 Å². The van der Waals surface area contributed by atoms with Crippen molar-refractivity contribution in [2.24, 2.45) is 0 Å². The predicted octanol–water partition coefficient (Wildman–Crippen LogP) is 1.66. The molecule has 2 heterocycles. The second kappa shape index (κ2) is 5.60. The molecular weight excluding hydrogens is 320 g/mol. The number of amides is 1. The van der Waals surface area contributed by atoms with E-state index in [4.69, 9.17) is 9.83 Å². The van der Waals surface area contributed by atoms with E-state index in [-0.39, 0.29) is 24.2 Å². The number of carbonyl (C=O) groups is 1. The van der Waals surface area contributed by atoms with E-state index >= 15 is 0 Å². The van der Waals surface area contributed by atoms with Crippen molar-refractivity contribution in [3.05, 3.63) is 29.7 Å². The quantitative estimate of drug-likeness (QED) is 0.722. The first-order chi connectivity index (χ1) is 11.7. The minimum atomic E-state index is -1.47. The van der Waals surface area contributed by atoms with Gasteiger partial charge in [0.2, 0.25) is 11.8 Å². The number of hydrogen-bond acceptors (Lipinski definition) is 5. The zero-order valence-corrected chi connectivity index (χ0v) is 14.6. The maximum atomic E-state index is 12.1. The third-order valence-electron chi connectivity index (χ3n) is 4.42. The van der Waals surface area contributed by atoms with Gasteiger partial charge in [0.1, 0.15) is 5.52 Å². The van der Waals surface area contributed by atoms with E-state index in [0.717, 1.165) is 5.56 Å². The Hall–Kier alpha value is -2.85. The summed E-state index contributed by atoms with van der Waals surface area (Å²) in [6, 6.07) is 5.38. The van der Waals surface area contributed by atoms with Crippen LogP contribution in [-0.4, -0.2) is 33.9 Å². The van der Waals surface area contributed by atoms with Crippen molar-refractivity contribution in [3.63, 3.8) is 0 Å². The number of hydrogen-bond donors (Lipinski definition) is 3. The molecule has 1 aromatic carbocycles. The predicted molar refractivity (Wildman–Crippen MR) is 92.6 cm³/mol. The molecule has 1 aliphatic heterocycles. The maximum Gasteiger partial charge on any atom is 0.240 e. The topological polar surface area (TPSA) is 102 Å². The zero-order valence-electron chi connectivity index (χ0n) is 14.6. The summed E-state index contributed by atoms with van der Waals surface area (Å²) in [5.74, 6) is 5.37. The number of oxazole rings is 1. The summed E-state index contributed by atoms with van der Waals surface area (Å²) in [6.07, 6.45) is 0.223. The summed E-state index contributed by atoms with van der Waals surface area (Å²) in [4.78, 5) is 17.8. The molecule has 1 saturated heterocycles. The van der Waals surface area contributed by atoms with Crippen LogP contribution in [0.3, 0.4) is 0 Å². The summed E-state index contributed by atoms with van der Waals surface area (Å²) in [7, 11) is 1.57. The van der Waals surface area contributed by atoms with E-state index in [1.807, 2.05) is 13.0 Å². The average Bonchev–Trinajstić information content (AvgIpc) is 2.96. The third kappa shape index (κ3) is 2.85. The Labute approximate surface area is 145 Å². The molecule has 0 aliphatic carbocycles. The number of nitrogens with zero attached hydrogens (tertiary/aromatic N) is 2. The molecule has 2 atom stereocenters. The minimum absolute atomic E-state index is 0.0563. The standard InChI is InChI=1S/C18H20N4O3/c1-5-8-18(3,24)15-20-12-9-11(6-7-13(12)25-15)17(2)10-14(23)22(4)16(19)21-17/h6-7,9,24H,10H2,1-4H3,(H2,19,21)/t17-,18?/m0/s1. The average molecular weight is 340 g/mol. The minimum Gasteiger partial charge on any atom is -0.437 e. The summed E-state index contributed by atoms with van der Waals surface area (Å²) in [6.45, 7) is 5.02. The lowest BCUT2D eigenvalue weighted by Gasteiger charge is -2.39. The van der Waals surface area contributed by atoms with Gasteiger partial charge in [-0.3, -0.25) is 15.1 Å². The van der Waals surface area contributed by atoms with E-state index in [1.54, 1.807) is 26.1 Å². The number of aromatic nitrogens is 1. The number of nitrogens with one attached hydrogen (secondary N) is 2. The fourth-order valence-electron chi connectivity index (χ4n) is 2.89. The van der Waals surface area contributed by atoms with Crippen LogP contribution in [0, 0.1) is 17.3 Å². The van der Waals surface area contributed by atoms with Crippen LogP contribution in [0.5, 0.6) is 0 Å². The lowest BCUT2D eigenvalue weighted by molar-refractivity contribution is -0.129. The van der Waals surface area contributed by atoms with Gasteiger partial charge in [-0.2, -0.15) is 0 Å². The van der Waals surface area contributed by atoms with Crippen molar-refractivity contribution >= 4 is 23.0 Å². The normalized spacial score (nSPS) is 23.0. The first-order valence-corrected chi connectivity index (χ1v) is 7.87. The number of carbonyl (C=O) groups excluding carboxylic acids is 1. The Morgan fingerprint density at radius 3 is 2.88 bits per heavy atom. The third-order valence-corrected chi connectivity index (χ3v) is 4.42. The van der Waals surface area contributed by atoms with E-state index in [9.17, 15) is 9.90 Å². The van der Waals surface area contributed by atoms with Crippen LogP contribution in [0.15, 0.2) is 22.6 Å². The number of aliphatic hydroxyl groups is 1. The molecule has 0 saturated carbocycles. The molecule has 25 heavy (non-hydrogen) atoms. The highest BCUT2D eigenvalue weighted by Gasteiger charge is 2.38. The Balaban J connectivity index is 2.03. The number of benzene rings is 1. The fourth-order valence-corrected chi connectivity index (χ4v) is 2.89. The van der Waals surface area contributed by atoms with Crippen molar-refractivity contribution in [1.82, 2.24) is 15.2 Å². The van der Waals surface area contributed by atoms with Gasteiger partial charge in [0.15, 0.2) is 17.1 Å². The number of guanidine groups is 1. The van der Waals surface area contributed by atoms with Crippen LogP contribution in [-0.2, 0) is 15.9 Å². The van der Waals surface area contributed by atoms with Crippen molar-refractivity contribution in [2.45, 2.75) is 38.3 Å². The molecule has 3 N–H and O–H groups in total. The lowest BCUT2D eigenvalue weighted by Crippen LogP contribution is -2.58. The Kier molecular flexibility index (Phi) is 3.81. The van der Waals surface area contributed by atoms with Crippen molar-refractivity contribution < 1.29 is 14.3 Å². The van der Waals surface area contributed by atoms with Gasteiger partial charge in [-0.25, -0.2) is 4.98 Å². The molecule has 0 bridgehead atoms. The highest BCUT2D eigenvalue weighted by atomic mass is 16.4. The van der Waals surface area contributed by atoms with Gasteiger partial charge in [-0.15, -0.1) is 5.92 Å². The molecule has 1 amide bonds. The summed E-state index contributed by atoms with van der Waals surface area (Å²) in [5.41, 5.74) is -0.282. The van der Waals surface area contributed by atoms with Gasteiger partial charge in [-0.1, -0.05) is 12.0 Å². The molecule has 7 heteroatoms. The SMILES string of the molecule is CC#CC(C)(O)c1nc2cc([C@]3(C)CC(=O)N(C)C(=N)N3)ccc2o1. The Bertz CT molecular complexity index is 915. The largest absolute Gasteiger partial charge is 0.437 e. The Morgan fingerprint density at radius 1 is 1.52 bits per heavy atom. The smallest absolute Gasteiger partial charge is 0.240 e. The molecule has 2 aromatic rings. The molecule has 1 aromatic heterocycles. The molecule has 3 rings (SSSR count). The summed E-state index contributed by atoms with van der Waals surface area (Å²) < 4.78 is 5.62. The molecule has 130 valence electrons. The van der Waals surface area contributed by atoms with Crippen LogP contribution < -0.4 is 5.32 Å². The van der Waals surface area contributed by atoms with Crippen molar-refractivity contribution in [2.75, 3.05) is 7.05 Å². The zero-order chi connectivity index (χ0) is 18.4. The summed E-state index contributed by atoms with van der Waals surface area (Å²) in [5, 5.41) is 21.3. The monoisotopic (exact) mass is 340 g/mol. The van der Waals surface area contributed by atoms with Crippen LogP contribution in [0.1, 0.15) is 38.6 Å². The van der Waals surface area contributed by atoms with E-state index in [2.05, 4.69) is 22.1 Å². The molecule has 1 aliphatic rings. The van der Waals surface area contributed by atoms with Crippen LogP contribution in [0.25, 0.3) is 11.1 Å². The van der Waals surface area contributed by atoms with Crippen molar-refractivity contribution in [1.29, 1.82) is 5.41 Å². The molecule has 0 radical (unpaired) electrons. The first-order valence-electron chi connectivity index (χ1n) is 7.87. The van der Waals surface area contributed by atoms with E-state index in [1.165, 1.54) is 11.8 Å². The Morgan fingerprint density at radius 2 is 2.24 bits per heavy atom. The van der Waals surface area contributed by atoms with Gasteiger partial charge in [0, 0.05) is 7.05 Å². The first kappa shape index (κ1) is 17.0. The van der Waals surface area contributed by atoms with Crippen LogP contribution in [0.4, 0.5) is 0 Å². The summed E-state index contributed by atoms with van der Waals surface area (Å²) >= 11 is 0. The van der Waals surface area contributed by atoms with Gasteiger partial charge < -0.3 is 14.8 Å². The van der Waals surface area contributed by atoms with E-state index < -0.39 is 11.1 Å². The second-order valence-electron chi connectivity index (χ2n) is 6.58. The fraction of sp³-hybridized carbons (Fsp3) is 0.389. The van der Waals surface area contributed by atoms with Crippen molar-refractivity contribution in [3.8, 4) is 11.8 Å². The molecule has 0 spiro atoms. The maximum absolute atomic E-state index is 12.1. The van der Waals surface area contributed by atoms with Gasteiger partial charge in [-0.05, 0) is 38.5 Å². The molecule has 1 unspecified atom stereocenters. The van der Waals surface area contributed by atoms with E-state index in [0.29, 0.717) is 11.1 Å². The lowest BCUT2D eigenvalue weighted by atomic mass is 9.86. The van der Waals surface area contributed by atoms with Gasteiger partial charge in [0.05, 0.1) is 12.0 Å². The second-order valence-corrected chi connectivity index (χ2v) is 6.58. The molecular formula is C18H20N4O3. The highest BCUT2D eigenvalue weighted by molar-refractivity contribution is 5.99. The number of rotatable bonds is 2. The molecule has 1 fully saturated rings. The number of fused-ring (bicyclic) bond motifs is 1. The molecule has 7 nitrogen and oxygen atoms in total. The van der Waals surface area contributed by atoms with Gasteiger partial charge >= 0.3 is 0 Å². The highest BCUT2D eigenvalue weighted by Crippen LogP contribution is 2.32. The van der Waals surface area contributed by atoms with Gasteiger partial charge in [0.25, 0.3) is 0 Å². The van der Waals surface area contributed by atoms with Crippen LogP contribution in [0.2, 0.25) is 0 Å².